The van der Waals surface area contributed by atoms with Gasteiger partial charge in [0.1, 0.15) is 4.90 Å². The van der Waals surface area contributed by atoms with Crippen LogP contribution >= 0.6 is 0 Å². The van der Waals surface area contributed by atoms with Crippen molar-refractivity contribution in [1.82, 2.24) is 4.73 Å². The van der Waals surface area contributed by atoms with E-state index in [1.54, 1.807) is 12.1 Å². The summed E-state index contributed by atoms with van der Waals surface area (Å²) >= 11 is 0. The molecule has 1 heterocycles. The Hall–Kier alpha value is -2.28. The van der Waals surface area contributed by atoms with Gasteiger partial charge in [0.25, 0.3) is 5.56 Å². The molecule has 2 aromatic rings. The van der Waals surface area contributed by atoms with Gasteiger partial charge in [-0.3, -0.25) is 9.08 Å². The highest BCUT2D eigenvalue weighted by molar-refractivity contribution is 7.87. The number of anilines is 1. The van der Waals surface area contributed by atoms with Crippen LogP contribution in [-0.4, -0.2) is 27.2 Å². The van der Waals surface area contributed by atoms with Gasteiger partial charge in [-0.15, -0.1) is 4.73 Å². The number of pyridine rings is 1. The smallest absolute Gasteiger partial charge is 0.357 e. The maximum absolute atomic E-state index is 12.8. The molecular formula is C20H26N2O4S. The van der Waals surface area contributed by atoms with Crippen LogP contribution in [0.4, 0.5) is 5.69 Å². The molecular weight excluding hydrogens is 364 g/mol. The molecule has 27 heavy (non-hydrogen) atoms. The van der Waals surface area contributed by atoms with E-state index in [4.69, 9.17) is 4.28 Å². The lowest BCUT2D eigenvalue weighted by molar-refractivity contribution is 0.241. The Morgan fingerprint density at radius 2 is 1.67 bits per heavy atom. The fourth-order valence-corrected chi connectivity index (χ4v) is 4.44. The number of aromatic nitrogens is 1. The van der Waals surface area contributed by atoms with Gasteiger partial charge in [0.15, 0.2) is 0 Å². The predicted molar refractivity (Wildman–Crippen MR) is 106 cm³/mol. The number of aryl methyl sites for hydroxylation is 1. The van der Waals surface area contributed by atoms with Crippen LogP contribution in [0.1, 0.15) is 49.3 Å². The van der Waals surface area contributed by atoms with E-state index in [2.05, 4.69) is 0 Å². The van der Waals surface area contributed by atoms with E-state index in [1.165, 1.54) is 24.6 Å². The first-order chi connectivity index (χ1) is 12.8. The van der Waals surface area contributed by atoms with Crippen molar-refractivity contribution in [2.45, 2.75) is 49.8 Å². The Kier molecular flexibility index (Phi) is 5.60. The molecule has 146 valence electrons. The van der Waals surface area contributed by atoms with Gasteiger partial charge in [0, 0.05) is 31.8 Å². The van der Waals surface area contributed by atoms with Gasteiger partial charge in [-0.05, 0) is 55.7 Å². The highest BCUT2D eigenvalue weighted by atomic mass is 32.2. The summed E-state index contributed by atoms with van der Waals surface area (Å²) in [6, 6.07) is 9.65. The van der Waals surface area contributed by atoms with Crippen molar-refractivity contribution < 1.29 is 12.7 Å². The number of hydrogen-bond acceptors (Lipinski definition) is 5. The molecule has 1 aromatic heterocycles. The van der Waals surface area contributed by atoms with Crippen molar-refractivity contribution >= 4 is 15.8 Å². The number of rotatable bonds is 5. The van der Waals surface area contributed by atoms with E-state index < -0.39 is 15.7 Å². The lowest BCUT2D eigenvalue weighted by Crippen LogP contribution is -2.34. The normalized spacial score (nSPS) is 15.5. The summed E-state index contributed by atoms with van der Waals surface area (Å²) in [7, 11) is -0.353. The summed E-state index contributed by atoms with van der Waals surface area (Å²) in [5.74, 6) is 0.137. The Labute approximate surface area is 160 Å². The molecule has 1 aromatic carbocycles. The van der Waals surface area contributed by atoms with Gasteiger partial charge in [-0.25, -0.2) is 0 Å². The molecule has 0 radical (unpaired) electrons. The fourth-order valence-electron chi connectivity index (χ4n) is 3.53. The second-order valence-electron chi connectivity index (χ2n) is 7.34. The average molecular weight is 391 g/mol. The maximum atomic E-state index is 12.8. The quantitative estimate of drug-likeness (QED) is 0.785. The Bertz CT molecular complexity index is 956. The summed E-state index contributed by atoms with van der Waals surface area (Å²) in [5.41, 5.74) is 1.88. The highest BCUT2D eigenvalue weighted by Gasteiger charge is 2.25. The van der Waals surface area contributed by atoms with Crippen LogP contribution in [0.15, 0.2) is 46.1 Å². The SMILES string of the molecule is Cc1cc(C2CCCCC2)n(OS(=O)(=O)c2ccc(N(C)C)cc2)c(=O)c1. The van der Waals surface area contributed by atoms with Crippen molar-refractivity contribution in [2.75, 3.05) is 19.0 Å². The minimum atomic E-state index is -4.11. The van der Waals surface area contributed by atoms with Crippen molar-refractivity contribution in [2.24, 2.45) is 0 Å². The van der Waals surface area contributed by atoms with Gasteiger partial charge >= 0.3 is 10.1 Å². The van der Waals surface area contributed by atoms with E-state index in [0.717, 1.165) is 41.7 Å². The van der Waals surface area contributed by atoms with Crippen LogP contribution in [0, 0.1) is 6.92 Å². The van der Waals surface area contributed by atoms with Crippen LogP contribution in [-0.2, 0) is 10.1 Å². The molecule has 0 atom stereocenters. The lowest BCUT2D eigenvalue weighted by Gasteiger charge is -2.24. The highest BCUT2D eigenvalue weighted by Crippen LogP contribution is 2.32. The second-order valence-corrected chi connectivity index (χ2v) is 8.87. The summed E-state index contributed by atoms with van der Waals surface area (Å²) in [5, 5.41) is 0. The fraction of sp³-hybridized carbons (Fsp3) is 0.450. The first kappa shape index (κ1) is 19.5. The Balaban J connectivity index is 1.97. The van der Waals surface area contributed by atoms with Crippen molar-refractivity contribution in [1.29, 1.82) is 0 Å². The molecule has 0 amide bonds. The van der Waals surface area contributed by atoms with Crippen molar-refractivity contribution in [3.63, 3.8) is 0 Å². The van der Waals surface area contributed by atoms with Crippen molar-refractivity contribution in [3.05, 3.63) is 58.0 Å². The molecule has 1 fully saturated rings. The number of hydrogen-bond donors (Lipinski definition) is 0. The predicted octanol–water partition coefficient (Wildman–Crippen LogP) is 3.09. The van der Waals surface area contributed by atoms with E-state index in [1.807, 2.05) is 32.0 Å². The summed E-state index contributed by atoms with van der Waals surface area (Å²) < 4.78 is 31.8. The van der Waals surface area contributed by atoms with E-state index in [0.29, 0.717) is 5.69 Å². The summed E-state index contributed by atoms with van der Waals surface area (Å²) in [4.78, 5) is 14.4. The minimum absolute atomic E-state index is 0.0233. The molecule has 1 saturated carbocycles. The standard InChI is InChI=1S/C20H26N2O4S/c1-15-13-19(16-7-5-4-6-8-16)22(20(23)14-15)26-27(24,25)18-11-9-17(10-12-18)21(2)3/h9-14,16H,4-8H2,1-3H3. The molecule has 0 unspecified atom stereocenters. The van der Waals surface area contributed by atoms with Crippen molar-refractivity contribution in [3.8, 4) is 0 Å². The van der Waals surface area contributed by atoms with E-state index in [-0.39, 0.29) is 10.8 Å². The largest absolute Gasteiger partial charge is 0.378 e. The topological polar surface area (TPSA) is 68.6 Å². The van der Waals surface area contributed by atoms with Gasteiger partial charge in [0.2, 0.25) is 0 Å². The minimum Gasteiger partial charge on any atom is -0.378 e. The molecule has 0 saturated heterocycles. The molecule has 7 heteroatoms. The molecule has 3 rings (SSSR count). The third kappa shape index (κ3) is 4.35. The molecule has 0 bridgehead atoms. The zero-order valence-corrected chi connectivity index (χ0v) is 16.8. The first-order valence-electron chi connectivity index (χ1n) is 9.24. The Morgan fingerprint density at radius 1 is 1.04 bits per heavy atom. The van der Waals surface area contributed by atoms with Gasteiger partial charge in [0.05, 0.1) is 5.69 Å². The lowest BCUT2D eigenvalue weighted by atomic mass is 9.86. The Morgan fingerprint density at radius 3 is 2.26 bits per heavy atom. The monoisotopic (exact) mass is 390 g/mol. The molecule has 6 nitrogen and oxygen atoms in total. The third-order valence-corrected chi connectivity index (χ3v) is 6.19. The summed E-state index contributed by atoms with van der Waals surface area (Å²) in [6.07, 6.45) is 5.19. The first-order valence-corrected chi connectivity index (χ1v) is 10.6. The molecule has 1 aliphatic rings. The average Bonchev–Trinajstić information content (AvgIpc) is 2.64. The number of benzene rings is 1. The van der Waals surface area contributed by atoms with E-state index >= 15 is 0 Å². The zero-order chi connectivity index (χ0) is 19.6. The number of nitrogens with zero attached hydrogens (tertiary/aromatic N) is 2. The van der Waals surface area contributed by atoms with Crippen LogP contribution in [0.25, 0.3) is 0 Å². The van der Waals surface area contributed by atoms with Crippen LogP contribution in [0.3, 0.4) is 0 Å². The second kappa shape index (κ2) is 7.76. The van der Waals surface area contributed by atoms with Crippen LogP contribution in [0.5, 0.6) is 0 Å². The third-order valence-electron chi connectivity index (χ3n) is 5.00. The maximum Gasteiger partial charge on any atom is 0.357 e. The van der Waals surface area contributed by atoms with E-state index in [9.17, 15) is 13.2 Å². The summed E-state index contributed by atoms with van der Waals surface area (Å²) in [6.45, 7) is 1.84. The van der Waals surface area contributed by atoms with Gasteiger partial charge < -0.3 is 4.90 Å². The molecule has 0 N–H and O–H groups in total. The zero-order valence-electron chi connectivity index (χ0n) is 16.0. The molecule has 0 aliphatic heterocycles. The molecule has 0 spiro atoms. The van der Waals surface area contributed by atoms with Crippen LogP contribution < -0.4 is 14.7 Å². The molecule has 1 aliphatic carbocycles. The van der Waals surface area contributed by atoms with Crippen LogP contribution in [0.2, 0.25) is 0 Å². The van der Waals surface area contributed by atoms with Gasteiger partial charge in [-0.2, -0.15) is 8.42 Å². The van der Waals surface area contributed by atoms with Gasteiger partial charge in [-0.1, -0.05) is 19.3 Å².